The van der Waals surface area contributed by atoms with Gasteiger partial charge < -0.3 is 10.4 Å². The van der Waals surface area contributed by atoms with Gasteiger partial charge in [-0.05, 0) is 11.4 Å². The van der Waals surface area contributed by atoms with Crippen LogP contribution in [0.3, 0.4) is 0 Å². The topological polar surface area (TPSA) is 113 Å². The maximum atomic E-state index is 11.8. The van der Waals surface area contributed by atoms with E-state index in [9.17, 15) is 18.0 Å². The number of rotatable bonds is 6. The maximum absolute atomic E-state index is 11.8. The first-order valence-electron chi connectivity index (χ1n) is 4.89. The van der Waals surface area contributed by atoms with E-state index >= 15 is 0 Å². The van der Waals surface area contributed by atoms with Crippen molar-refractivity contribution in [2.75, 3.05) is 13.1 Å². The average molecular weight is 292 g/mol. The fraction of sp³-hybridized carbons (Fsp3) is 0.333. The number of carbonyl (C=O) groups is 2. The molecule has 3 N–H and O–H groups in total. The van der Waals surface area contributed by atoms with Crippen molar-refractivity contribution in [3.63, 3.8) is 0 Å². The third-order valence-corrected chi connectivity index (χ3v) is 4.44. The quantitative estimate of drug-likeness (QED) is 0.632. The number of hydrogen-bond acceptors (Lipinski definition) is 5. The maximum Gasteiger partial charge on any atom is 0.347 e. The molecule has 7 nitrogen and oxygen atoms in total. The van der Waals surface area contributed by atoms with Crippen LogP contribution in [-0.2, 0) is 14.8 Å². The van der Waals surface area contributed by atoms with Gasteiger partial charge >= 0.3 is 5.97 Å². The molecule has 0 fully saturated rings. The van der Waals surface area contributed by atoms with Crippen molar-refractivity contribution in [2.45, 2.75) is 11.8 Å². The highest BCUT2D eigenvalue weighted by Crippen LogP contribution is 2.21. The molecule has 100 valence electrons. The van der Waals surface area contributed by atoms with Crippen molar-refractivity contribution in [2.24, 2.45) is 0 Å². The van der Waals surface area contributed by atoms with Crippen molar-refractivity contribution in [1.29, 1.82) is 0 Å². The minimum absolute atomic E-state index is 0.00316. The highest BCUT2D eigenvalue weighted by atomic mass is 32.2. The molecule has 0 saturated heterocycles. The van der Waals surface area contributed by atoms with Crippen LogP contribution in [0.4, 0.5) is 0 Å². The molecular weight excluding hydrogens is 280 g/mol. The zero-order valence-corrected chi connectivity index (χ0v) is 11.1. The smallest absolute Gasteiger partial charge is 0.347 e. The van der Waals surface area contributed by atoms with Gasteiger partial charge in [-0.3, -0.25) is 4.79 Å². The van der Waals surface area contributed by atoms with Gasteiger partial charge in [0, 0.05) is 20.0 Å². The second-order valence-electron chi connectivity index (χ2n) is 3.30. The van der Waals surface area contributed by atoms with E-state index < -0.39 is 16.0 Å². The first-order valence-corrected chi connectivity index (χ1v) is 7.26. The number of thiophene rings is 1. The Bertz CT molecular complexity index is 549. The summed E-state index contributed by atoms with van der Waals surface area (Å²) in [6.07, 6.45) is 0. The van der Waals surface area contributed by atoms with Gasteiger partial charge in [-0.1, -0.05) is 0 Å². The van der Waals surface area contributed by atoms with Crippen LogP contribution in [-0.4, -0.2) is 38.5 Å². The van der Waals surface area contributed by atoms with Crippen molar-refractivity contribution < 1.29 is 23.1 Å². The minimum atomic E-state index is -3.86. The van der Waals surface area contributed by atoms with Gasteiger partial charge in [0.05, 0.1) is 0 Å². The number of sulfonamides is 1. The zero-order valence-electron chi connectivity index (χ0n) is 9.47. The van der Waals surface area contributed by atoms with Crippen molar-refractivity contribution in [3.8, 4) is 0 Å². The lowest BCUT2D eigenvalue weighted by Gasteiger charge is -2.06. The Hall–Kier alpha value is -1.45. The van der Waals surface area contributed by atoms with E-state index in [0.717, 1.165) is 11.3 Å². The summed E-state index contributed by atoms with van der Waals surface area (Å²) in [6, 6.07) is 1.23. The highest BCUT2D eigenvalue weighted by Gasteiger charge is 2.23. The summed E-state index contributed by atoms with van der Waals surface area (Å²) in [5.41, 5.74) is 0. The van der Waals surface area contributed by atoms with Crippen LogP contribution in [0, 0.1) is 0 Å². The van der Waals surface area contributed by atoms with Crippen LogP contribution in [0.1, 0.15) is 16.6 Å². The van der Waals surface area contributed by atoms with Crippen LogP contribution in [0.5, 0.6) is 0 Å². The van der Waals surface area contributed by atoms with E-state index in [-0.39, 0.29) is 28.8 Å². The summed E-state index contributed by atoms with van der Waals surface area (Å²) in [7, 11) is -3.86. The summed E-state index contributed by atoms with van der Waals surface area (Å²) >= 11 is 0.840. The van der Waals surface area contributed by atoms with E-state index in [2.05, 4.69) is 10.0 Å². The molecule has 0 spiro atoms. The van der Waals surface area contributed by atoms with Crippen molar-refractivity contribution in [1.82, 2.24) is 10.0 Å². The fourth-order valence-corrected chi connectivity index (χ4v) is 3.46. The van der Waals surface area contributed by atoms with Crippen LogP contribution in [0.2, 0.25) is 0 Å². The lowest BCUT2D eigenvalue weighted by atomic mass is 10.5. The van der Waals surface area contributed by atoms with Gasteiger partial charge in [0.15, 0.2) is 0 Å². The Morgan fingerprint density at radius 3 is 2.61 bits per heavy atom. The molecule has 0 atom stereocenters. The molecule has 1 rings (SSSR count). The van der Waals surface area contributed by atoms with Gasteiger partial charge in [-0.25, -0.2) is 17.9 Å². The van der Waals surface area contributed by atoms with Crippen LogP contribution in [0.15, 0.2) is 16.3 Å². The Kier molecular flexibility index (Phi) is 4.82. The molecule has 0 aliphatic carbocycles. The standard InChI is InChI=1S/C9H12N2O5S2/c1-6(12)10-3-4-11-18(15,16)7-2-5-17-8(7)9(13)14/h2,5,11H,3-4H2,1H3,(H,10,12)(H,13,14). The van der Waals surface area contributed by atoms with E-state index in [0.29, 0.717) is 0 Å². The monoisotopic (exact) mass is 292 g/mol. The molecule has 1 amide bonds. The predicted molar refractivity (Wildman–Crippen MR) is 65.2 cm³/mol. The van der Waals surface area contributed by atoms with Crippen molar-refractivity contribution in [3.05, 3.63) is 16.3 Å². The second kappa shape index (κ2) is 5.94. The number of aromatic carboxylic acids is 1. The van der Waals surface area contributed by atoms with Crippen LogP contribution in [0.25, 0.3) is 0 Å². The number of nitrogens with one attached hydrogen (secondary N) is 2. The average Bonchev–Trinajstić information content (AvgIpc) is 2.73. The Labute approximate surface area is 108 Å². The third-order valence-electron chi connectivity index (χ3n) is 1.90. The van der Waals surface area contributed by atoms with E-state index in [4.69, 9.17) is 5.11 Å². The normalized spacial score (nSPS) is 11.2. The molecule has 0 aliphatic rings. The van der Waals surface area contributed by atoms with Gasteiger partial charge in [-0.15, -0.1) is 11.3 Å². The van der Waals surface area contributed by atoms with Gasteiger partial charge in [-0.2, -0.15) is 0 Å². The lowest BCUT2D eigenvalue weighted by Crippen LogP contribution is -2.34. The molecule has 0 bridgehead atoms. The van der Waals surface area contributed by atoms with E-state index in [1.807, 2.05) is 0 Å². The van der Waals surface area contributed by atoms with E-state index in [1.165, 1.54) is 18.4 Å². The molecule has 18 heavy (non-hydrogen) atoms. The molecular formula is C9H12N2O5S2. The molecule has 1 heterocycles. The molecule has 1 aromatic rings. The zero-order chi connectivity index (χ0) is 13.8. The Morgan fingerprint density at radius 1 is 1.39 bits per heavy atom. The van der Waals surface area contributed by atoms with Gasteiger partial charge in [0.2, 0.25) is 15.9 Å². The highest BCUT2D eigenvalue weighted by molar-refractivity contribution is 7.89. The lowest BCUT2D eigenvalue weighted by molar-refractivity contribution is -0.118. The largest absolute Gasteiger partial charge is 0.477 e. The molecule has 0 radical (unpaired) electrons. The third kappa shape index (κ3) is 3.79. The van der Waals surface area contributed by atoms with Crippen LogP contribution < -0.4 is 10.0 Å². The number of carbonyl (C=O) groups excluding carboxylic acids is 1. The van der Waals surface area contributed by atoms with Gasteiger partial charge in [0.25, 0.3) is 0 Å². The second-order valence-corrected chi connectivity index (χ2v) is 5.95. The first-order chi connectivity index (χ1) is 8.34. The predicted octanol–water partition coefficient (Wildman–Crippen LogP) is -0.139. The minimum Gasteiger partial charge on any atom is -0.477 e. The summed E-state index contributed by atoms with van der Waals surface area (Å²) in [6.45, 7) is 1.45. The molecule has 0 aromatic carbocycles. The van der Waals surface area contributed by atoms with Crippen LogP contribution >= 0.6 is 11.3 Å². The first kappa shape index (κ1) is 14.6. The SMILES string of the molecule is CC(=O)NCCNS(=O)(=O)c1ccsc1C(=O)O. The molecule has 0 unspecified atom stereocenters. The number of amides is 1. The Balaban J connectivity index is 2.72. The fourth-order valence-electron chi connectivity index (χ4n) is 1.17. The Morgan fingerprint density at radius 2 is 2.06 bits per heavy atom. The molecule has 0 saturated carbocycles. The van der Waals surface area contributed by atoms with Crippen molar-refractivity contribution >= 4 is 33.2 Å². The number of hydrogen-bond donors (Lipinski definition) is 3. The van der Waals surface area contributed by atoms with Gasteiger partial charge in [0.1, 0.15) is 9.77 Å². The number of carboxylic acid groups (broad SMARTS) is 1. The molecule has 9 heteroatoms. The van der Waals surface area contributed by atoms with E-state index in [1.54, 1.807) is 0 Å². The summed E-state index contributed by atoms with van der Waals surface area (Å²) < 4.78 is 25.8. The summed E-state index contributed by atoms with van der Waals surface area (Å²) in [4.78, 5) is 20.9. The summed E-state index contributed by atoms with van der Waals surface area (Å²) in [5.74, 6) is -1.55. The number of carboxylic acids is 1. The summed E-state index contributed by atoms with van der Waals surface area (Å²) in [5, 5.41) is 12.6. The molecule has 0 aliphatic heterocycles. The molecule has 1 aromatic heterocycles.